The summed E-state index contributed by atoms with van der Waals surface area (Å²) < 4.78 is 7.44. The number of para-hydroxylation sites is 1. The topological polar surface area (TPSA) is 44.1 Å². The van der Waals surface area contributed by atoms with Crippen LogP contribution in [0.3, 0.4) is 0 Å². The fourth-order valence-electron chi connectivity index (χ4n) is 2.82. The fraction of sp³-hybridized carbons (Fsp3) is 0.333. The summed E-state index contributed by atoms with van der Waals surface area (Å²) in [5, 5.41) is 0.659. The van der Waals surface area contributed by atoms with Crippen LogP contribution in [0.1, 0.15) is 38.2 Å². The highest BCUT2D eigenvalue weighted by Crippen LogP contribution is 2.21. The second-order valence-electron chi connectivity index (χ2n) is 6.34. The molecule has 0 aliphatic heterocycles. The van der Waals surface area contributed by atoms with Gasteiger partial charge >= 0.3 is 0 Å². The van der Waals surface area contributed by atoms with E-state index in [-0.39, 0.29) is 5.56 Å². The maximum Gasteiger partial charge on any atom is 0.261 e. The van der Waals surface area contributed by atoms with Crippen molar-refractivity contribution in [3.05, 3.63) is 70.8 Å². The first-order chi connectivity index (χ1) is 12.2. The summed E-state index contributed by atoms with van der Waals surface area (Å²) in [6, 6.07) is 15.7. The predicted octanol–water partition coefficient (Wildman–Crippen LogP) is 4.38. The zero-order chi connectivity index (χ0) is 17.6. The van der Waals surface area contributed by atoms with Gasteiger partial charge in [-0.05, 0) is 48.6 Å². The van der Waals surface area contributed by atoms with E-state index in [4.69, 9.17) is 4.74 Å². The average molecular weight is 336 g/mol. The Morgan fingerprint density at radius 2 is 1.88 bits per heavy atom. The van der Waals surface area contributed by atoms with Crippen molar-refractivity contribution in [3.8, 4) is 5.75 Å². The normalized spacial score (nSPS) is 12.2. The largest absolute Gasteiger partial charge is 0.494 e. The van der Waals surface area contributed by atoms with Gasteiger partial charge in [-0.15, -0.1) is 0 Å². The molecule has 0 aliphatic rings. The van der Waals surface area contributed by atoms with Crippen LogP contribution in [-0.2, 0) is 6.54 Å². The highest BCUT2D eigenvalue weighted by Gasteiger charge is 2.04. The smallest absolute Gasteiger partial charge is 0.261 e. The monoisotopic (exact) mass is 336 g/mol. The van der Waals surface area contributed by atoms with Crippen molar-refractivity contribution in [3.63, 3.8) is 0 Å². The first-order valence-corrected chi connectivity index (χ1v) is 8.86. The van der Waals surface area contributed by atoms with Gasteiger partial charge in [0.1, 0.15) is 5.75 Å². The van der Waals surface area contributed by atoms with Crippen molar-refractivity contribution in [2.75, 3.05) is 6.61 Å². The minimum Gasteiger partial charge on any atom is -0.494 e. The standard InChI is InChI=1S/C21H24N2O2/c1-3-16(2)17-9-11-18(12-10-17)25-14-6-13-23-15-22-20-8-5-4-7-19(20)21(23)24/h4-5,7-12,15-16H,3,6,13-14H2,1-2H3. The summed E-state index contributed by atoms with van der Waals surface area (Å²) in [7, 11) is 0. The Hall–Kier alpha value is -2.62. The second-order valence-corrected chi connectivity index (χ2v) is 6.34. The number of rotatable bonds is 7. The molecular weight excluding hydrogens is 312 g/mol. The van der Waals surface area contributed by atoms with Crippen LogP contribution in [0.15, 0.2) is 59.7 Å². The average Bonchev–Trinajstić information content (AvgIpc) is 2.67. The van der Waals surface area contributed by atoms with Crippen molar-refractivity contribution in [2.45, 2.75) is 39.2 Å². The van der Waals surface area contributed by atoms with Crippen LogP contribution in [0, 0.1) is 0 Å². The minimum absolute atomic E-state index is 0.00325. The van der Waals surface area contributed by atoms with E-state index in [1.807, 2.05) is 36.4 Å². The molecule has 0 aliphatic carbocycles. The molecule has 2 aromatic carbocycles. The van der Waals surface area contributed by atoms with Crippen LogP contribution in [-0.4, -0.2) is 16.2 Å². The maximum absolute atomic E-state index is 12.4. The fourth-order valence-corrected chi connectivity index (χ4v) is 2.82. The van der Waals surface area contributed by atoms with Gasteiger partial charge in [-0.25, -0.2) is 4.98 Å². The number of ether oxygens (including phenoxy) is 1. The lowest BCUT2D eigenvalue weighted by molar-refractivity contribution is 0.300. The molecule has 1 unspecified atom stereocenters. The molecule has 130 valence electrons. The maximum atomic E-state index is 12.4. The van der Waals surface area contributed by atoms with Crippen LogP contribution in [0.25, 0.3) is 10.9 Å². The molecule has 0 saturated carbocycles. The molecule has 1 aromatic heterocycles. The van der Waals surface area contributed by atoms with E-state index in [0.717, 1.165) is 24.1 Å². The number of hydrogen-bond acceptors (Lipinski definition) is 3. The van der Waals surface area contributed by atoms with Gasteiger partial charge in [0.2, 0.25) is 0 Å². The summed E-state index contributed by atoms with van der Waals surface area (Å²) >= 11 is 0. The molecule has 1 atom stereocenters. The summed E-state index contributed by atoms with van der Waals surface area (Å²) in [6.45, 7) is 5.59. The number of hydrogen-bond donors (Lipinski definition) is 0. The van der Waals surface area contributed by atoms with E-state index < -0.39 is 0 Å². The van der Waals surface area contributed by atoms with Crippen molar-refractivity contribution in [1.29, 1.82) is 0 Å². The number of aromatic nitrogens is 2. The molecule has 4 nitrogen and oxygen atoms in total. The van der Waals surface area contributed by atoms with E-state index in [9.17, 15) is 4.79 Å². The van der Waals surface area contributed by atoms with Crippen molar-refractivity contribution in [1.82, 2.24) is 9.55 Å². The lowest BCUT2D eigenvalue weighted by atomic mass is 9.99. The zero-order valence-corrected chi connectivity index (χ0v) is 14.8. The van der Waals surface area contributed by atoms with E-state index in [0.29, 0.717) is 24.5 Å². The van der Waals surface area contributed by atoms with Gasteiger partial charge in [0, 0.05) is 6.54 Å². The Morgan fingerprint density at radius 3 is 2.64 bits per heavy atom. The van der Waals surface area contributed by atoms with Crippen LogP contribution in [0.5, 0.6) is 5.75 Å². The molecule has 3 aromatic rings. The van der Waals surface area contributed by atoms with Crippen molar-refractivity contribution >= 4 is 10.9 Å². The quantitative estimate of drug-likeness (QED) is 0.601. The van der Waals surface area contributed by atoms with Crippen LogP contribution in [0.2, 0.25) is 0 Å². The first-order valence-electron chi connectivity index (χ1n) is 8.86. The third kappa shape index (κ3) is 4.08. The summed E-state index contributed by atoms with van der Waals surface area (Å²) in [5.74, 6) is 1.44. The molecule has 3 rings (SSSR count). The lowest BCUT2D eigenvalue weighted by Gasteiger charge is -2.11. The van der Waals surface area contributed by atoms with E-state index >= 15 is 0 Å². The third-order valence-electron chi connectivity index (χ3n) is 4.61. The van der Waals surface area contributed by atoms with E-state index in [1.165, 1.54) is 5.56 Å². The minimum atomic E-state index is 0.00325. The molecule has 0 amide bonds. The Labute approximate surface area is 148 Å². The summed E-state index contributed by atoms with van der Waals surface area (Å²) in [6.07, 6.45) is 3.51. The Morgan fingerprint density at radius 1 is 1.12 bits per heavy atom. The molecule has 0 fully saturated rings. The molecule has 0 N–H and O–H groups in total. The molecule has 0 radical (unpaired) electrons. The molecule has 0 saturated heterocycles. The van der Waals surface area contributed by atoms with Gasteiger partial charge in [-0.2, -0.15) is 0 Å². The van der Waals surface area contributed by atoms with Crippen molar-refractivity contribution in [2.24, 2.45) is 0 Å². The molecule has 4 heteroatoms. The lowest BCUT2D eigenvalue weighted by Crippen LogP contribution is -2.21. The molecule has 25 heavy (non-hydrogen) atoms. The van der Waals surface area contributed by atoms with Gasteiger partial charge < -0.3 is 4.74 Å². The number of benzene rings is 2. The van der Waals surface area contributed by atoms with Crippen LogP contribution < -0.4 is 10.3 Å². The van der Waals surface area contributed by atoms with Crippen LogP contribution in [0.4, 0.5) is 0 Å². The van der Waals surface area contributed by atoms with E-state index in [1.54, 1.807) is 10.9 Å². The Kier molecular flexibility index (Phi) is 5.49. The number of nitrogens with zero attached hydrogens (tertiary/aromatic N) is 2. The Balaban J connectivity index is 1.55. The number of aryl methyl sites for hydroxylation is 1. The van der Waals surface area contributed by atoms with Gasteiger partial charge in [0.25, 0.3) is 5.56 Å². The second kappa shape index (κ2) is 7.97. The molecule has 0 bridgehead atoms. The molecule has 0 spiro atoms. The van der Waals surface area contributed by atoms with Gasteiger partial charge in [0.15, 0.2) is 0 Å². The Bertz CT molecular complexity index is 884. The van der Waals surface area contributed by atoms with Gasteiger partial charge in [-0.3, -0.25) is 9.36 Å². The van der Waals surface area contributed by atoms with Gasteiger partial charge in [0.05, 0.1) is 23.8 Å². The summed E-state index contributed by atoms with van der Waals surface area (Å²) in [4.78, 5) is 16.7. The van der Waals surface area contributed by atoms with Crippen molar-refractivity contribution < 1.29 is 4.74 Å². The third-order valence-corrected chi connectivity index (χ3v) is 4.61. The molecular formula is C21H24N2O2. The highest BCUT2D eigenvalue weighted by atomic mass is 16.5. The first kappa shape index (κ1) is 17.2. The SMILES string of the molecule is CCC(C)c1ccc(OCCCn2cnc3ccccc3c2=O)cc1. The molecule has 1 heterocycles. The summed E-state index contributed by atoms with van der Waals surface area (Å²) in [5.41, 5.74) is 2.08. The highest BCUT2D eigenvalue weighted by molar-refractivity contribution is 5.76. The van der Waals surface area contributed by atoms with E-state index in [2.05, 4.69) is 31.0 Å². The zero-order valence-electron chi connectivity index (χ0n) is 14.8. The van der Waals surface area contributed by atoms with Gasteiger partial charge in [-0.1, -0.05) is 38.1 Å². The predicted molar refractivity (Wildman–Crippen MR) is 101 cm³/mol. The number of fused-ring (bicyclic) bond motifs is 1. The van der Waals surface area contributed by atoms with Crippen LogP contribution >= 0.6 is 0 Å².